The van der Waals surface area contributed by atoms with E-state index in [2.05, 4.69) is 17.7 Å². The highest BCUT2D eigenvalue weighted by atomic mass is 32.2. The van der Waals surface area contributed by atoms with Gasteiger partial charge in [0.25, 0.3) is 0 Å². The quantitative estimate of drug-likeness (QED) is 0.924. The average molecular weight is 338 g/mol. The van der Waals surface area contributed by atoms with Gasteiger partial charge in [-0.3, -0.25) is 4.72 Å². The molecule has 24 heavy (non-hydrogen) atoms. The first kappa shape index (κ1) is 16.3. The average Bonchev–Trinajstić information content (AvgIpc) is 2.88. The Kier molecular flexibility index (Phi) is 4.16. The normalized spacial score (nSPS) is 15.5. The minimum atomic E-state index is -3.26. The molecule has 5 heteroatoms. The summed E-state index contributed by atoms with van der Waals surface area (Å²) in [5, 5.41) is 9.19. The highest BCUT2D eigenvalue weighted by molar-refractivity contribution is 7.92. The monoisotopic (exact) mass is 338 g/mol. The van der Waals surface area contributed by atoms with Gasteiger partial charge in [-0.25, -0.2) is 8.42 Å². The number of sulfonamides is 1. The predicted molar refractivity (Wildman–Crippen MR) is 96.0 cm³/mol. The van der Waals surface area contributed by atoms with Crippen LogP contribution in [-0.2, 0) is 22.2 Å². The molecule has 0 spiro atoms. The molecule has 2 aromatic carbocycles. The first-order chi connectivity index (χ1) is 11.5. The van der Waals surface area contributed by atoms with Crippen LogP contribution >= 0.6 is 0 Å². The SMILES string of the molecule is C/C=C(/c1ccc2c(c1)CS(=O)(=O)N2)c1cc(C#N)ccc1CC. The number of rotatable bonds is 3. The van der Waals surface area contributed by atoms with E-state index >= 15 is 0 Å². The van der Waals surface area contributed by atoms with Gasteiger partial charge >= 0.3 is 0 Å². The van der Waals surface area contributed by atoms with Crippen molar-refractivity contribution in [3.05, 3.63) is 70.3 Å². The van der Waals surface area contributed by atoms with Gasteiger partial charge in [-0.05, 0) is 65.4 Å². The van der Waals surface area contributed by atoms with Crippen molar-refractivity contribution in [2.24, 2.45) is 0 Å². The second-order valence-corrected chi connectivity index (χ2v) is 7.50. The van der Waals surface area contributed by atoms with Gasteiger partial charge in [0.15, 0.2) is 0 Å². The summed E-state index contributed by atoms with van der Waals surface area (Å²) < 4.78 is 26.0. The van der Waals surface area contributed by atoms with Gasteiger partial charge in [0.05, 0.1) is 23.1 Å². The molecule has 1 N–H and O–H groups in total. The molecule has 0 fully saturated rings. The summed E-state index contributed by atoms with van der Waals surface area (Å²) in [5.41, 5.74) is 6.20. The number of fused-ring (bicyclic) bond motifs is 1. The lowest BCUT2D eigenvalue weighted by molar-refractivity contribution is 0.602. The van der Waals surface area contributed by atoms with Gasteiger partial charge in [-0.15, -0.1) is 0 Å². The number of nitrogens with one attached hydrogen (secondary N) is 1. The zero-order valence-corrected chi connectivity index (χ0v) is 14.4. The van der Waals surface area contributed by atoms with E-state index in [9.17, 15) is 13.7 Å². The molecule has 1 aliphatic rings. The summed E-state index contributed by atoms with van der Waals surface area (Å²) in [6.45, 7) is 4.04. The Morgan fingerprint density at radius 3 is 2.75 bits per heavy atom. The van der Waals surface area contributed by atoms with Crippen LogP contribution in [0.4, 0.5) is 5.69 Å². The highest BCUT2D eigenvalue weighted by Gasteiger charge is 2.24. The third-order valence-electron chi connectivity index (χ3n) is 4.23. The van der Waals surface area contributed by atoms with E-state index in [-0.39, 0.29) is 5.75 Å². The molecule has 0 aliphatic carbocycles. The summed E-state index contributed by atoms with van der Waals surface area (Å²) in [6.07, 6.45) is 2.87. The minimum absolute atomic E-state index is 0.00599. The molecule has 2 aromatic rings. The minimum Gasteiger partial charge on any atom is -0.283 e. The molecular weight excluding hydrogens is 320 g/mol. The molecule has 1 heterocycles. The van der Waals surface area contributed by atoms with Crippen LogP contribution in [0.1, 0.15) is 41.7 Å². The maximum Gasteiger partial charge on any atom is 0.237 e. The second kappa shape index (κ2) is 6.14. The third kappa shape index (κ3) is 2.93. The van der Waals surface area contributed by atoms with E-state index < -0.39 is 10.0 Å². The van der Waals surface area contributed by atoms with Crippen molar-refractivity contribution in [1.29, 1.82) is 5.26 Å². The van der Waals surface area contributed by atoms with Gasteiger partial charge in [-0.2, -0.15) is 5.26 Å². The van der Waals surface area contributed by atoms with Crippen LogP contribution < -0.4 is 4.72 Å². The molecule has 3 rings (SSSR count). The predicted octanol–water partition coefficient (Wildman–Crippen LogP) is 3.83. The molecule has 0 amide bonds. The van der Waals surface area contributed by atoms with E-state index in [4.69, 9.17) is 0 Å². The van der Waals surface area contributed by atoms with Crippen LogP contribution in [-0.4, -0.2) is 8.42 Å². The fourth-order valence-corrected chi connectivity index (χ4v) is 4.33. The lowest BCUT2D eigenvalue weighted by Gasteiger charge is -2.14. The Morgan fingerprint density at radius 1 is 1.29 bits per heavy atom. The molecule has 0 radical (unpaired) electrons. The van der Waals surface area contributed by atoms with Crippen molar-refractivity contribution in [1.82, 2.24) is 0 Å². The molecule has 4 nitrogen and oxygen atoms in total. The zero-order chi connectivity index (χ0) is 17.3. The maximum atomic E-state index is 11.7. The molecule has 0 saturated heterocycles. The molecule has 0 atom stereocenters. The van der Waals surface area contributed by atoms with E-state index in [1.165, 1.54) is 0 Å². The number of benzene rings is 2. The smallest absolute Gasteiger partial charge is 0.237 e. The standard InChI is InChI=1S/C19H18N2O2S/c1-3-14-6-5-13(11-20)9-18(14)17(4-2)15-7-8-19-16(10-15)12-24(22,23)21-19/h4-10,21H,3,12H2,1-2H3/b17-4-. The topological polar surface area (TPSA) is 70.0 Å². The van der Waals surface area contributed by atoms with Crippen molar-refractivity contribution in [3.8, 4) is 6.07 Å². The van der Waals surface area contributed by atoms with Crippen molar-refractivity contribution in [3.63, 3.8) is 0 Å². The molecule has 0 aromatic heterocycles. The van der Waals surface area contributed by atoms with Crippen LogP contribution in [0.5, 0.6) is 0 Å². The lowest BCUT2D eigenvalue weighted by Crippen LogP contribution is -2.05. The first-order valence-electron chi connectivity index (χ1n) is 7.81. The molecule has 122 valence electrons. The fourth-order valence-electron chi connectivity index (χ4n) is 3.07. The molecule has 0 unspecified atom stereocenters. The number of anilines is 1. The number of nitrogens with zero attached hydrogens (tertiary/aromatic N) is 1. The summed E-state index contributed by atoms with van der Waals surface area (Å²) in [4.78, 5) is 0. The van der Waals surface area contributed by atoms with Crippen LogP contribution in [0.2, 0.25) is 0 Å². The highest BCUT2D eigenvalue weighted by Crippen LogP contribution is 2.33. The molecule has 1 aliphatic heterocycles. The van der Waals surface area contributed by atoms with Gasteiger partial charge in [-0.1, -0.05) is 25.1 Å². The number of nitriles is 1. The number of aryl methyl sites for hydroxylation is 1. The fraction of sp³-hybridized carbons (Fsp3) is 0.211. The van der Waals surface area contributed by atoms with Crippen LogP contribution in [0.25, 0.3) is 5.57 Å². The van der Waals surface area contributed by atoms with Crippen LogP contribution in [0, 0.1) is 11.3 Å². The largest absolute Gasteiger partial charge is 0.283 e. The van der Waals surface area contributed by atoms with E-state index in [0.29, 0.717) is 11.3 Å². The third-order valence-corrected chi connectivity index (χ3v) is 5.45. The molecule has 0 saturated carbocycles. The number of hydrogen-bond acceptors (Lipinski definition) is 3. The van der Waals surface area contributed by atoms with E-state index in [0.717, 1.165) is 34.2 Å². The van der Waals surface area contributed by atoms with Crippen molar-refractivity contribution < 1.29 is 8.42 Å². The van der Waals surface area contributed by atoms with Gasteiger partial charge in [0.1, 0.15) is 0 Å². The van der Waals surface area contributed by atoms with E-state index in [1.807, 2.05) is 43.3 Å². The Labute approximate surface area is 142 Å². The van der Waals surface area contributed by atoms with Crippen molar-refractivity contribution in [2.75, 3.05) is 4.72 Å². The Bertz CT molecular complexity index is 983. The van der Waals surface area contributed by atoms with E-state index in [1.54, 1.807) is 6.07 Å². The van der Waals surface area contributed by atoms with Gasteiger partial charge < -0.3 is 0 Å². The lowest BCUT2D eigenvalue weighted by atomic mass is 9.90. The van der Waals surface area contributed by atoms with Crippen molar-refractivity contribution in [2.45, 2.75) is 26.0 Å². The first-order valence-corrected chi connectivity index (χ1v) is 9.46. The summed E-state index contributed by atoms with van der Waals surface area (Å²) in [5.74, 6) is 0.00599. The Hall–Kier alpha value is -2.58. The zero-order valence-electron chi connectivity index (χ0n) is 13.6. The van der Waals surface area contributed by atoms with Crippen LogP contribution in [0.15, 0.2) is 42.5 Å². The van der Waals surface area contributed by atoms with Crippen LogP contribution in [0.3, 0.4) is 0 Å². The summed E-state index contributed by atoms with van der Waals surface area (Å²) >= 11 is 0. The number of hydrogen-bond donors (Lipinski definition) is 1. The van der Waals surface area contributed by atoms with Crippen molar-refractivity contribution >= 4 is 21.3 Å². The summed E-state index contributed by atoms with van der Waals surface area (Å²) in [6, 6.07) is 13.5. The second-order valence-electron chi connectivity index (χ2n) is 5.77. The maximum absolute atomic E-state index is 11.7. The summed E-state index contributed by atoms with van der Waals surface area (Å²) in [7, 11) is -3.26. The molecular formula is C19H18N2O2S. The Morgan fingerprint density at radius 2 is 2.08 bits per heavy atom. The Balaban J connectivity index is 2.11. The van der Waals surface area contributed by atoms with Gasteiger partial charge in [0.2, 0.25) is 10.0 Å². The molecule has 0 bridgehead atoms. The number of allylic oxidation sites excluding steroid dienone is 1. The van der Waals surface area contributed by atoms with Gasteiger partial charge in [0, 0.05) is 0 Å².